The minimum atomic E-state index is -0.237. The predicted molar refractivity (Wildman–Crippen MR) is 97.6 cm³/mol. The number of benzene rings is 2. The monoisotopic (exact) mass is 353 g/mol. The quantitative estimate of drug-likeness (QED) is 0.849. The van der Waals surface area contributed by atoms with Gasteiger partial charge in [0.05, 0.1) is 26.4 Å². The average Bonchev–Trinajstić information content (AvgIpc) is 3.06. The molecule has 4 rings (SSSR count). The molecule has 5 nitrogen and oxygen atoms in total. The summed E-state index contributed by atoms with van der Waals surface area (Å²) >= 11 is 0. The van der Waals surface area contributed by atoms with E-state index in [0.717, 1.165) is 12.8 Å². The lowest BCUT2D eigenvalue weighted by atomic mass is 9.83. The van der Waals surface area contributed by atoms with Crippen molar-refractivity contribution in [3.05, 3.63) is 59.2 Å². The van der Waals surface area contributed by atoms with Crippen molar-refractivity contribution in [2.45, 2.75) is 25.0 Å². The van der Waals surface area contributed by atoms with Crippen molar-refractivity contribution in [1.29, 1.82) is 0 Å². The summed E-state index contributed by atoms with van der Waals surface area (Å²) in [6.07, 6.45) is 1.63. The van der Waals surface area contributed by atoms with Crippen LogP contribution in [0.3, 0.4) is 0 Å². The molecule has 0 atom stereocenters. The lowest BCUT2D eigenvalue weighted by Crippen LogP contribution is -2.45. The first kappa shape index (κ1) is 16.9. The molecule has 1 saturated heterocycles. The fourth-order valence-electron chi connectivity index (χ4n) is 3.98. The SMILES string of the molecule is COc1cc(OC)cc(C(=O)N2CCC3(CC2)OCc2ccccc23)c1. The molecule has 0 bridgehead atoms. The van der Waals surface area contributed by atoms with Crippen LogP contribution in [0, 0.1) is 0 Å². The van der Waals surface area contributed by atoms with Gasteiger partial charge in [-0.1, -0.05) is 24.3 Å². The normalized spacial score (nSPS) is 17.8. The van der Waals surface area contributed by atoms with Gasteiger partial charge in [0.15, 0.2) is 0 Å². The van der Waals surface area contributed by atoms with Crippen molar-refractivity contribution in [1.82, 2.24) is 4.90 Å². The third kappa shape index (κ3) is 2.82. The number of ether oxygens (including phenoxy) is 3. The van der Waals surface area contributed by atoms with Crippen LogP contribution in [0.1, 0.15) is 34.3 Å². The molecule has 2 aliphatic heterocycles. The van der Waals surface area contributed by atoms with E-state index in [9.17, 15) is 4.79 Å². The van der Waals surface area contributed by atoms with E-state index >= 15 is 0 Å². The number of amides is 1. The summed E-state index contributed by atoms with van der Waals surface area (Å²) in [6.45, 7) is 2.01. The maximum atomic E-state index is 13.0. The van der Waals surface area contributed by atoms with Crippen molar-refractivity contribution in [2.24, 2.45) is 0 Å². The topological polar surface area (TPSA) is 48.0 Å². The third-order valence-electron chi connectivity index (χ3n) is 5.47. The van der Waals surface area contributed by atoms with Gasteiger partial charge in [-0.3, -0.25) is 4.79 Å². The summed E-state index contributed by atoms with van der Waals surface area (Å²) in [5.41, 5.74) is 2.91. The zero-order chi connectivity index (χ0) is 18.1. The molecule has 2 heterocycles. The maximum absolute atomic E-state index is 13.0. The number of carbonyl (C=O) groups excluding carboxylic acids is 1. The van der Waals surface area contributed by atoms with E-state index in [-0.39, 0.29) is 11.5 Å². The lowest BCUT2D eigenvalue weighted by molar-refractivity contribution is -0.0741. The molecule has 2 aromatic rings. The first-order valence-electron chi connectivity index (χ1n) is 8.90. The third-order valence-corrected chi connectivity index (χ3v) is 5.47. The van der Waals surface area contributed by atoms with Crippen LogP contribution in [0.15, 0.2) is 42.5 Å². The van der Waals surface area contributed by atoms with Gasteiger partial charge in [-0.05, 0) is 36.1 Å². The van der Waals surface area contributed by atoms with Crippen LogP contribution >= 0.6 is 0 Å². The largest absolute Gasteiger partial charge is 0.497 e. The van der Waals surface area contributed by atoms with Crippen LogP contribution in [0.25, 0.3) is 0 Å². The highest BCUT2D eigenvalue weighted by Gasteiger charge is 2.43. The standard InChI is InChI=1S/C21H23NO4/c1-24-17-11-16(12-18(13-17)25-2)20(23)22-9-7-21(8-10-22)19-6-4-3-5-15(19)14-26-21/h3-6,11-13H,7-10,14H2,1-2H3. The minimum absolute atomic E-state index is 0.00309. The van der Waals surface area contributed by atoms with E-state index in [2.05, 4.69) is 24.3 Å². The molecule has 0 radical (unpaired) electrons. The van der Waals surface area contributed by atoms with Crippen molar-refractivity contribution in [2.75, 3.05) is 27.3 Å². The van der Waals surface area contributed by atoms with E-state index in [1.165, 1.54) is 11.1 Å². The Morgan fingerprint density at radius 3 is 2.35 bits per heavy atom. The fourth-order valence-corrected chi connectivity index (χ4v) is 3.98. The smallest absolute Gasteiger partial charge is 0.254 e. The summed E-state index contributed by atoms with van der Waals surface area (Å²) in [5.74, 6) is 1.24. The highest BCUT2D eigenvalue weighted by molar-refractivity contribution is 5.95. The zero-order valence-corrected chi connectivity index (χ0v) is 15.2. The Morgan fingerprint density at radius 2 is 1.69 bits per heavy atom. The molecular formula is C21H23NO4. The molecule has 1 fully saturated rings. The van der Waals surface area contributed by atoms with Crippen LogP contribution in [-0.2, 0) is 16.9 Å². The van der Waals surface area contributed by atoms with E-state index in [4.69, 9.17) is 14.2 Å². The Hall–Kier alpha value is -2.53. The highest BCUT2D eigenvalue weighted by Crippen LogP contribution is 2.44. The summed E-state index contributed by atoms with van der Waals surface area (Å²) in [6, 6.07) is 13.7. The van der Waals surface area contributed by atoms with Gasteiger partial charge in [-0.25, -0.2) is 0 Å². The molecule has 5 heteroatoms. The van der Waals surface area contributed by atoms with E-state index < -0.39 is 0 Å². The summed E-state index contributed by atoms with van der Waals surface area (Å²) in [7, 11) is 3.17. The van der Waals surface area contributed by atoms with Crippen molar-refractivity contribution in [3.63, 3.8) is 0 Å². The number of carbonyl (C=O) groups is 1. The Bertz CT molecular complexity index is 802. The summed E-state index contributed by atoms with van der Waals surface area (Å²) in [4.78, 5) is 14.9. The molecule has 0 saturated carbocycles. The molecule has 0 N–H and O–H groups in total. The van der Waals surface area contributed by atoms with Gasteiger partial charge >= 0.3 is 0 Å². The Kier molecular flexibility index (Phi) is 4.32. The summed E-state index contributed by atoms with van der Waals surface area (Å²) in [5, 5.41) is 0. The number of rotatable bonds is 3. The Balaban J connectivity index is 1.51. The van der Waals surface area contributed by atoms with Crippen molar-refractivity contribution in [3.8, 4) is 11.5 Å². The molecule has 136 valence electrons. The second-order valence-corrected chi connectivity index (χ2v) is 6.83. The van der Waals surface area contributed by atoms with Crippen molar-refractivity contribution >= 4 is 5.91 Å². The molecule has 1 spiro atoms. The molecule has 2 aliphatic rings. The molecule has 1 amide bonds. The fraction of sp³-hybridized carbons (Fsp3) is 0.381. The van der Waals surface area contributed by atoms with E-state index in [1.54, 1.807) is 32.4 Å². The lowest BCUT2D eigenvalue weighted by Gasteiger charge is -2.39. The average molecular weight is 353 g/mol. The van der Waals surface area contributed by atoms with Gasteiger partial charge in [-0.15, -0.1) is 0 Å². The van der Waals surface area contributed by atoms with Gasteiger partial charge < -0.3 is 19.1 Å². The second kappa shape index (κ2) is 6.65. The second-order valence-electron chi connectivity index (χ2n) is 6.83. The van der Waals surface area contributed by atoms with Crippen LogP contribution in [0.5, 0.6) is 11.5 Å². The van der Waals surface area contributed by atoms with Gasteiger partial charge in [0.2, 0.25) is 0 Å². The molecule has 0 unspecified atom stereocenters. The van der Waals surface area contributed by atoms with Crippen molar-refractivity contribution < 1.29 is 19.0 Å². The number of likely N-dealkylation sites (tertiary alicyclic amines) is 1. The first-order chi connectivity index (χ1) is 12.6. The van der Waals surface area contributed by atoms with E-state index in [0.29, 0.717) is 36.8 Å². The van der Waals surface area contributed by atoms with Crippen LogP contribution in [0.2, 0.25) is 0 Å². The van der Waals surface area contributed by atoms with Crippen LogP contribution < -0.4 is 9.47 Å². The molecule has 0 aromatic heterocycles. The van der Waals surface area contributed by atoms with Crippen LogP contribution in [-0.4, -0.2) is 38.1 Å². The van der Waals surface area contributed by atoms with Gasteiger partial charge in [0.1, 0.15) is 11.5 Å². The summed E-state index contributed by atoms with van der Waals surface area (Å²) < 4.78 is 16.7. The highest BCUT2D eigenvalue weighted by atomic mass is 16.5. The predicted octanol–water partition coefficient (Wildman–Crippen LogP) is 3.37. The number of hydrogen-bond acceptors (Lipinski definition) is 4. The number of fused-ring (bicyclic) bond motifs is 2. The number of nitrogens with zero attached hydrogens (tertiary/aromatic N) is 1. The van der Waals surface area contributed by atoms with Gasteiger partial charge in [-0.2, -0.15) is 0 Å². The maximum Gasteiger partial charge on any atom is 0.254 e. The molecule has 0 aliphatic carbocycles. The van der Waals surface area contributed by atoms with Crippen LogP contribution in [0.4, 0.5) is 0 Å². The number of piperidine rings is 1. The molecule has 26 heavy (non-hydrogen) atoms. The molecule has 2 aromatic carbocycles. The molecular weight excluding hydrogens is 330 g/mol. The Labute approximate surface area is 153 Å². The van der Waals surface area contributed by atoms with E-state index in [1.807, 2.05) is 4.90 Å². The minimum Gasteiger partial charge on any atom is -0.497 e. The zero-order valence-electron chi connectivity index (χ0n) is 15.2. The van der Waals surface area contributed by atoms with Gasteiger partial charge in [0, 0.05) is 24.7 Å². The number of methoxy groups -OCH3 is 2. The Morgan fingerprint density at radius 1 is 1.04 bits per heavy atom. The van der Waals surface area contributed by atoms with Gasteiger partial charge in [0.25, 0.3) is 5.91 Å². The first-order valence-corrected chi connectivity index (χ1v) is 8.90. The number of hydrogen-bond donors (Lipinski definition) is 0.